The largest absolute Gasteiger partial charge is 0.379 e. The van der Waals surface area contributed by atoms with E-state index in [1.165, 1.54) is 44.9 Å². The molecule has 0 aromatic heterocycles. The molecule has 6 heteroatoms. The molecule has 3 aliphatic rings. The Hall–Kier alpha value is -0.850. The second-order valence-electron chi connectivity index (χ2n) is 7.93. The maximum Gasteiger partial charge on any atom is 0.191 e. The molecule has 1 aliphatic carbocycles. The third kappa shape index (κ3) is 5.57. The van der Waals surface area contributed by atoms with Gasteiger partial charge in [-0.1, -0.05) is 19.3 Å². The minimum absolute atomic E-state index is 0.235. The minimum Gasteiger partial charge on any atom is -0.379 e. The number of nitrogens with one attached hydrogen (secondary N) is 2. The molecule has 0 spiro atoms. The Bertz CT molecular complexity index is 426. The smallest absolute Gasteiger partial charge is 0.191 e. The molecule has 150 valence electrons. The number of nitrogens with zero attached hydrogens (tertiary/aromatic N) is 2. The quantitative estimate of drug-likeness (QED) is 0.534. The number of ether oxygens (including phenoxy) is 2. The highest BCUT2D eigenvalue weighted by Gasteiger charge is 2.38. The molecule has 0 bridgehead atoms. The first-order chi connectivity index (χ1) is 12.8. The van der Waals surface area contributed by atoms with Gasteiger partial charge in [-0.2, -0.15) is 0 Å². The Morgan fingerprint density at radius 2 is 1.88 bits per heavy atom. The molecule has 3 fully saturated rings. The number of aliphatic imine (C=N–C) groups is 1. The molecular weight excluding hydrogens is 328 g/mol. The number of hydrogen-bond acceptors (Lipinski definition) is 4. The highest BCUT2D eigenvalue weighted by molar-refractivity contribution is 5.79. The van der Waals surface area contributed by atoms with E-state index in [-0.39, 0.29) is 5.54 Å². The molecule has 3 rings (SSSR count). The third-order valence-electron chi connectivity index (χ3n) is 6.12. The van der Waals surface area contributed by atoms with Gasteiger partial charge in [-0.15, -0.1) is 0 Å². The monoisotopic (exact) mass is 366 g/mol. The lowest BCUT2D eigenvalue weighted by atomic mass is 9.80. The average molecular weight is 367 g/mol. The predicted octanol–water partition coefficient (Wildman–Crippen LogP) is 2.15. The second-order valence-corrected chi connectivity index (χ2v) is 7.93. The summed E-state index contributed by atoms with van der Waals surface area (Å²) in [6.07, 6.45) is 10.5. The summed E-state index contributed by atoms with van der Waals surface area (Å²) in [4.78, 5) is 7.68. The van der Waals surface area contributed by atoms with E-state index < -0.39 is 0 Å². The van der Waals surface area contributed by atoms with Gasteiger partial charge < -0.3 is 20.1 Å². The topological polar surface area (TPSA) is 58.1 Å². The summed E-state index contributed by atoms with van der Waals surface area (Å²) < 4.78 is 11.3. The lowest BCUT2D eigenvalue weighted by molar-refractivity contribution is -0.0333. The van der Waals surface area contributed by atoms with Gasteiger partial charge in [-0.3, -0.25) is 9.89 Å². The molecule has 2 heterocycles. The molecule has 6 nitrogen and oxygen atoms in total. The van der Waals surface area contributed by atoms with Gasteiger partial charge in [0, 0.05) is 38.3 Å². The van der Waals surface area contributed by atoms with Crippen molar-refractivity contribution in [3.8, 4) is 0 Å². The number of hydrogen-bond donors (Lipinski definition) is 2. The lowest BCUT2D eigenvalue weighted by Gasteiger charge is -2.47. The molecule has 0 amide bonds. The van der Waals surface area contributed by atoms with E-state index in [2.05, 4.69) is 22.5 Å². The van der Waals surface area contributed by atoms with Gasteiger partial charge in [0.15, 0.2) is 5.96 Å². The minimum atomic E-state index is 0.235. The highest BCUT2D eigenvalue weighted by atomic mass is 16.5. The third-order valence-corrected chi connectivity index (χ3v) is 6.12. The lowest BCUT2D eigenvalue weighted by Crippen LogP contribution is -2.56. The van der Waals surface area contributed by atoms with Crippen LogP contribution in [-0.2, 0) is 9.47 Å². The summed E-state index contributed by atoms with van der Waals surface area (Å²) >= 11 is 0. The van der Waals surface area contributed by atoms with Crippen molar-refractivity contribution in [3.63, 3.8) is 0 Å². The Morgan fingerprint density at radius 1 is 1.08 bits per heavy atom. The van der Waals surface area contributed by atoms with E-state index in [0.717, 1.165) is 64.9 Å². The van der Waals surface area contributed by atoms with Crippen LogP contribution in [-0.4, -0.2) is 75.0 Å². The number of guanidine groups is 1. The van der Waals surface area contributed by atoms with Crippen molar-refractivity contribution in [1.82, 2.24) is 15.5 Å². The zero-order valence-electron chi connectivity index (χ0n) is 16.6. The standard InChI is InChI=1S/C20H38N4O2/c1-2-21-19(22-11-8-18-7-6-14-26-18)23-17-20(9-4-3-5-10-20)24-12-15-25-16-13-24/h18H,2-17H2,1H3,(H2,21,22,23). The van der Waals surface area contributed by atoms with Crippen LogP contribution in [0, 0.1) is 0 Å². The van der Waals surface area contributed by atoms with E-state index in [1.807, 2.05) is 0 Å². The van der Waals surface area contributed by atoms with Gasteiger partial charge in [0.05, 0.1) is 25.9 Å². The SMILES string of the molecule is CCNC(=NCC1(N2CCOCC2)CCCCC1)NCCC1CCCO1. The van der Waals surface area contributed by atoms with Crippen molar-refractivity contribution in [3.05, 3.63) is 0 Å². The van der Waals surface area contributed by atoms with E-state index in [4.69, 9.17) is 14.5 Å². The molecule has 0 aromatic carbocycles. The molecule has 0 aromatic rings. The van der Waals surface area contributed by atoms with Crippen molar-refractivity contribution < 1.29 is 9.47 Å². The fraction of sp³-hybridized carbons (Fsp3) is 0.950. The molecule has 0 radical (unpaired) electrons. The van der Waals surface area contributed by atoms with Crippen LogP contribution in [0.2, 0.25) is 0 Å². The van der Waals surface area contributed by atoms with E-state index in [0.29, 0.717) is 6.10 Å². The fourth-order valence-corrected chi connectivity index (χ4v) is 4.61. The summed E-state index contributed by atoms with van der Waals surface area (Å²) in [7, 11) is 0. The van der Waals surface area contributed by atoms with Gasteiger partial charge in [0.1, 0.15) is 0 Å². The molecule has 2 aliphatic heterocycles. The van der Waals surface area contributed by atoms with Crippen LogP contribution in [0.1, 0.15) is 58.3 Å². The first-order valence-electron chi connectivity index (χ1n) is 10.8. The zero-order valence-corrected chi connectivity index (χ0v) is 16.6. The Kier molecular flexibility index (Phi) is 8.02. The van der Waals surface area contributed by atoms with Crippen LogP contribution in [0.5, 0.6) is 0 Å². The maximum absolute atomic E-state index is 5.73. The summed E-state index contributed by atoms with van der Waals surface area (Å²) in [5.41, 5.74) is 0.235. The second kappa shape index (κ2) is 10.5. The van der Waals surface area contributed by atoms with Crippen LogP contribution >= 0.6 is 0 Å². The first-order valence-corrected chi connectivity index (χ1v) is 10.8. The van der Waals surface area contributed by atoms with Crippen LogP contribution in [0.3, 0.4) is 0 Å². The Morgan fingerprint density at radius 3 is 2.58 bits per heavy atom. The van der Waals surface area contributed by atoms with Gasteiger partial charge in [-0.25, -0.2) is 0 Å². The van der Waals surface area contributed by atoms with Gasteiger partial charge in [0.2, 0.25) is 0 Å². The molecular formula is C20H38N4O2. The van der Waals surface area contributed by atoms with Crippen LogP contribution in [0.25, 0.3) is 0 Å². The van der Waals surface area contributed by atoms with Gasteiger partial charge >= 0.3 is 0 Å². The summed E-state index contributed by atoms with van der Waals surface area (Å²) in [5, 5.41) is 6.95. The van der Waals surface area contributed by atoms with Crippen molar-refractivity contribution in [2.75, 3.05) is 52.5 Å². The zero-order chi connectivity index (χ0) is 18.1. The van der Waals surface area contributed by atoms with Crippen molar-refractivity contribution >= 4 is 5.96 Å². The van der Waals surface area contributed by atoms with Crippen molar-refractivity contribution in [2.24, 2.45) is 4.99 Å². The average Bonchev–Trinajstić information content (AvgIpc) is 3.21. The summed E-state index contributed by atoms with van der Waals surface area (Å²) in [5.74, 6) is 0.962. The Balaban J connectivity index is 1.56. The number of morpholine rings is 1. The highest BCUT2D eigenvalue weighted by Crippen LogP contribution is 2.34. The molecule has 1 unspecified atom stereocenters. The normalized spacial score (nSPS) is 27.4. The molecule has 1 saturated carbocycles. The van der Waals surface area contributed by atoms with Crippen molar-refractivity contribution in [2.45, 2.75) is 69.9 Å². The summed E-state index contributed by atoms with van der Waals surface area (Å²) in [6, 6.07) is 0. The van der Waals surface area contributed by atoms with Crippen LogP contribution < -0.4 is 10.6 Å². The fourth-order valence-electron chi connectivity index (χ4n) is 4.61. The van der Waals surface area contributed by atoms with Crippen molar-refractivity contribution in [1.29, 1.82) is 0 Å². The van der Waals surface area contributed by atoms with E-state index in [9.17, 15) is 0 Å². The molecule has 1 atom stereocenters. The van der Waals surface area contributed by atoms with Gasteiger partial charge in [0.25, 0.3) is 0 Å². The van der Waals surface area contributed by atoms with Crippen LogP contribution in [0.15, 0.2) is 4.99 Å². The predicted molar refractivity (Wildman–Crippen MR) is 106 cm³/mol. The van der Waals surface area contributed by atoms with Gasteiger partial charge in [-0.05, 0) is 39.0 Å². The first kappa shape index (κ1) is 19.9. The van der Waals surface area contributed by atoms with E-state index >= 15 is 0 Å². The molecule has 2 saturated heterocycles. The molecule has 2 N–H and O–H groups in total. The Labute approximate surface area is 159 Å². The summed E-state index contributed by atoms with van der Waals surface area (Å²) in [6.45, 7) is 9.63. The van der Waals surface area contributed by atoms with Crippen LogP contribution in [0.4, 0.5) is 0 Å². The molecule has 26 heavy (non-hydrogen) atoms. The van der Waals surface area contributed by atoms with E-state index in [1.54, 1.807) is 0 Å². The maximum atomic E-state index is 5.73. The number of rotatable bonds is 7.